The monoisotopic (exact) mass is 200 g/mol. The maximum Gasteiger partial charge on any atom is 0.376 e. The molecule has 0 rings (SSSR count). The molecule has 76 valence electrons. The molecule has 0 aromatic heterocycles. The fourth-order valence-corrected chi connectivity index (χ4v) is 0.576. The van der Waals surface area contributed by atoms with E-state index in [1.54, 1.807) is 0 Å². The zero-order chi connectivity index (χ0) is 11.1. The molecule has 14 heavy (non-hydrogen) atoms. The van der Waals surface area contributed by atoms with Gasteiger partial charge in [0, 0.05) is 0 Å². The SMILES string of the molecule is O=C(O)CC(/C=C/C(=O)C(=O)O)=C\O. The van der Waals surface area contributed by atoms with Crippen LogP contribution >= 0.6 is 0 Å². The maximum absolute atomic E-state index is 10.5. The zero-order valence-electron chi connectivity index (χ0n) is 7.01. The van der Waals surface area contributed by atoms with Gasteiger partial charge in [-0.05, 0) is 11.6 Å². The van der Waals surface area contributed by atoms with Gasteiger partial charge >= 0.3 is 11.9 Å². The van der Waals surface area contributed by atoms with Crippen LogP contribution in [0.2, 0.25) is 0 Å². The van der Waals surface area contributed by atoms with Crippen molar-refractivity contribution in [2.24, 2.45) is 0 Å². The number of ketones is 1. The Morgan fingerprint density at radius 3 is 2.00 bits per heavy atom. The van der Waals surface area contributed by atoms with Crippen molar-refractivity contribution in [3.63, 3.8) is 0 Å². The van der Waals surface area contributed by atoms with E-state index in [0.29, 0.717) is 12.3 Å². The Kier molecular flexibility index (Phi) is 4.69. The molecule has 3 N–H and O–H groups in total. The average molecular weight is 200 g/mol. The smallest absolute Gasteiger partial charge is 0.376 e. The molecule has 6 nitrogen and oxygen atoms in total. The molecule has 0 aromatic carbocycles. The van der Waals surface area contributed by atoms with Crippen molar-refractivity contribution in [1.29, 1.82) is 0 Å². The van der Waals surface area contributed by atoms with Crippen LogP contribution in [-0.2, 0) is 14.4 Å². The van der Waals surface area contributed by atoms with Gasteiger partial charge in [-0.1, -0.05) is 6.08 Å². The maximum atomic E-state index is 10.5. The van der Waals surface area contributed by atoms with Gasteiger partial charge in [0.25, 0.3) is 5.78 Å². The summed E-state index contributed by atoms with van der Waals surface area (Å²) in [6, 6.07) is 0. The lowest BCUT2D eigenvalue weighted by atomic mass is 10.2. The summed E-state index contributed by atoms with van der Waals surface area (Å²) < 4.78 is 0. The number of allylic oxidation sites excluding steroid dienone is 1. The highest BCUT2D eigenvalue weighted by atomic mass is 16.4. The highest BCUT2D eigenvalue weighted by Gasteiger charge is 2.07. The molecule has 0 saturated heterocycles. The molecule has 0 aliphatic rings. The summed E-state index contributed by atoms with van der Waals surface area (Å²) >= 11 is 0. The number of hydrogen-bond donors (Lipinski definition) is 3. The summed E-state index contributed by atoms with van der Waals surface area (Å²) in [4.78, 5) is 30.7. The number of rotatable bonds is 5. The number of carboxylic acid groups (broad SMARTS) is 2. The Morgan fingerprint density at radius 1 is 1.07 bits per heavy atom. The third kappa shape index (κ3) is 4.70. The molecule has 0 aliphatic carbocycles. The van der Waals surface area contributed by atoms with Gasteiger partial charge in [0.05, 0.1) is 12.7 Å². The molecule has 0 amide bonds. The minimum absolute atomic E-state index is 0.0629. The van der Waals surface area contributed by atoms with Gasteiger partial charge in [0.1, 0.15) is 0 Å². The third-order valence-corrected chi connectivity index (χ3v) is 1.18. The Morgan fingerprint density at radius 2 is 1.64 bits per heavy atom. The topological polar surface area (TPSA) is 112 Å². The Hall–Kier alpha value is -2.11. The van der Waals surface area contributed by atoms with Gasteiger partial charge in [0.15, 0.2) is 0 Å². The first-order chi connectivity index (χ1) is 6.47. The van der Waals surface area contributed by atoms with Crippen LogP contribution in [0.3, 0.4) is 0 Å². The second kappa shape index (κ2) is 5.52. The molecular weight excluding hydrogens is 192 g/mol. The molecule has 0 aromatic rings. The summed E-state index contributed by atoms with van der Waals surface area (Å²) in [5.41, 5.74) is -0.0629. The van der Waals surface area contributed by atoms with Crippen molar-refractivity contribution < 1.29 is 29.7 Å². The van der Waals surface area contributed by atoms with Gasteiger partial charge in [0.2, 0.25) is 0 Å². The third-order valence-electron chi connectivity index (χ3n) is 1.18. The van der Waals surface area contributed by atoms with Gasteiger partial charge in [-0.15, -0.1) is 0 Å². The van der Waals surface area contributed by atoms with Crippen LogP contribution in [-0.4, -0.2) is 33.0 Å². The number of aliphatic hydroxyl groups excluding tert-OH is 1. The summed E-state index contributed by atoms with van der Waals surface area (Å²) in [6.07, 6.45) is 1.62. The van der Waals surface area contributed by atoms with E-state index in [0.717, 1.165) is 6.08 Å². The lowest BCUT2D eigenvalue weighted by Gasteiger charge is -1.93. The van der Waals surface area contributed by atoms with Crippen LogP contribution in [0, 0.1) is 0 Å². The molecule has 6 heteroatoms. The molecule has 0 spiro atoms. The minimum Gasteiger partial charge on any atom is -0.515 e. The normalized spacial score (nSPS) is 11.6. The van der Waals surface area contributed by atoms with Crippen LogP contribution in [0.15, 0.2) is 24.0 Å². The fraction of sp³-hybridized carbons (Fsp3) is 0.125. The Balaban J connectivity index is 4.41. The second-order valence-corrected chi connectivity index (χ2v) is 2.28. The number of aliphatic hydroxyl groups is 1. The van der Waals surface area contributed by atoms with Gasteiger partial charge in [-0.2, -0.15) is 0 Å². The van der Waals surface area contributed by atoms with E-state index in [9.17, 15) is 14.4 Å². The first-order valence-electron chi connectivity index (χ1n) is 3.47. The van der Waals surface area contributed by atoms with Gasteiger partial charge < -0.3 is 15.3 Å². The molecule has 0 fully saturated rings. The van der Waals surface area contributed by atoms with Crippen LogP contribution in [0.1, 0.15) is 6.42 Å². The van der Waals surface area contributed by atoms with Crippen molar-refractivity contribution in [1.82, 2.24) is 0 Å². The van der Waals surface area contributed by atoms with E-state index in [1.165, 1.54) is 0 Å². The summed E-state index contributed by atoms with van der Waals surface area (Å²) in [5.74, 6) is -4.03. The van der Waals surface area contributed by atoms with E-state index in [1.807, 2.05) is 0 Å². The number of aliphatic carboxylic acids is 2. The number of hydrogen-bond acceptors (Lipinski definition) is 4. The quantitative estimate of drug-likeness (QED) is 0.251. The average Bonchev–Trinajstić information content (AvgIpc) is 2.10. The summed E-state index contributed by atoms with van der Waals surface area (Å²) in [6.45, 7) is 0. The summed E-state index contributed by atoms with van der Waals surface area (Å²) in [7, 11) is 0. The van der Waals surface area contributed by atoms with Crippen molar-refractivity contribution in [3.8, 4) is 0 Å². The highest BCUT2D eigenvalue weighted by molar-refractivity contribution is 6.37. The molecule has 0 heterocycles. The van der Waals surface area contributed by atoms with Crippen molar-refractivity contribution in [3.05, 3.63) is 24.0 Å². The predicted octanol–water partition coefficient (Wildman–Crippen LogP) is 0.113. The van der Waals surface area contributed by atoms with Crippen molar-refractivity contribution in [2.75, 3.05) is 0 Å². The minimum atomic E-state index is -1.64. The first-order valence-corrected chi connectivity index (χ1v) is 3.47. The molecule has 0 atom stereocenters. The second-order valence-electron chi connectivity index (χ2n) is 2.28. The summed E-state index contributed by atoms with van der Waals surface area (Å²) in [5, 5.41) is 24.9. The van der Waals surface area contributed by atoms with Crippen LogP contribution in [0.4, 0.5) is 0 Å². The number of carbonyl (C=O) groups excluding carboxylic acids is 1. The van der Waals surface area contributed by atoms with Crippen molar-refractivity contribution in [2.45, 2.75) is 6.42 Å². The molecule has 0 saturated carbocycles. The van der Waals surface area contributed by atoms with E-state index < -0.39 is 24.1 Å². The lowest BCUT2D eigenvalue weighted by Crippen LogP contribution is -2.08. The van der Waals surface area contributed by atoms with Gasteiger partial charge in [-0.25, -0.2) is 4.79 Å². The number of carbonyl (C=O) groups is 3. The lowest BCUT2D eigenvalue weighted by molar-refractivity contribution is -0.146. The molecule has 0 radical (unpaired) electrons. The largest absolute Gasteiger partial charge is 0.515 e. The van der Waals surface area contributed by atoms with Crippen LogP contribution in [0.5, 0.6) is 0 Å². The Bertz CT molecular complexity index is 312. The number of carboxylic acids is 2. The predicted molar refractivity (Wildman–Crippen MR) is 44.7 cm³/mol. The van der Waals surface area contributed by atoms with E-state index in [4.69, 9.17) is 15.3 Å². The Labute approximate surface area is 78.8 Å². The van der Waals surface area contributed by atoms with Crippen LogP contribution < -0.4 is 0 Å². The van der Waals surface area contributed by atoms with Crippen molar-refractivity contribution >= 4 is 17.7 Å². The van der Waals surface area contributed by atoms with E-state index in [-0.39, 0.29) is 5.57 Å². The molecule has 0 bridgehead atoms. The molecular formula is C8H8O6. The van der Waals surface area contributed by atoms with E-state index >= 15 is 0 Å². The zero-order valence-corrected chi connectivity index (χ0v) is 7.01. The van der Waals surface area contributed by atoms with Crippen LogP contribution in [0.25, 0.3) is 0 Å². The fourth-order valence-electron chi connectivity index (χ4n) is 0.576. The standard InChI is InChI=1S/C8H8O6/c9-4-5(3-7(11)12)1-2-6(10)8(13)14/h1-2,4,9H,3H2,(H,11,12)(H,13,14)/b2-1+,5-4-. The van der Waals surface area contributed by atoms with Gasteiger partial charge in [-0.3, -0.25) is 9.59 Å². The molecule has 0 aliphatic heterocycles. The highest BCUT2D eigenvalue weighted by Crippen LogP contribution is 2.02. The molecule has 0 unspecified atom stereocenters. The van der Waals surface area contributed by atoms with E-state index in [2.05, 4.69) is 0 Å². The first kappa shape index (κ1) is 11.9.